The van der Waals surface area contributed by atoms with Crippen molar-refractivity contribution in [2.45, 2.75) is 38.7 Å². The van der Waals surface area contributed by atoms with Crippen molar-refractivity contribution in [3.8, 4) is 0 Å². The maximum absolute atomic E-state index is 11.8. The first-order chi connectivity index (χ1) is 7.47. The van der Waals surface area contributed by atoms with E-state index >= 15 is 0 Å². The molecule has 1 fully saturated rings. The number of ether oxygens (including phenoxy) is 1. The van der Waals surface area contributed by atoms with E-state index in [4.69, 9.17) is 4.74 Å². The summed E-state index contributed by atoms with van der Waals surface area (Å²) in [6, 6.07) is 5.80. The minimum absolute atomic E-state index is 0.00845. The molecule has 0 spiro atoms. The molecule has 0 bridgehead atoms. The van der Waals surface area contributed by atoms with Gasteiger partial charge < -0.3 is 4.74 Å². The summed E-state index contributed by atoms with van der Waals surface area (Å²) in [5, 5.41) is 0. The van der Waals surface area contributed by atoms with Crippen molar-refractivity contribution >= 4 is 5.97 Å². The number of esters is 1. The maximum Gasteiger partial charge on any atom is 0.310 e. The fourth-order valence-corrected chi connectivity index (χ4v) is 1.76. The number of pyridine rings is 1. The Morgan fingerprint density at radius 1 is 1.44 bits per heavy atom. The fraction of sp³-hybridized carbons (Fsp3) is 0.538. The third-order valence-electron chi connectivity index (χ3n) is 2.57. The minimum atomic E-state index is -0.395. The molecule has 1 aliphatic carbocycles. The van der Waals surface area contributed by atoms with E-state index in [0.717, 1.165) is 12.1 Å². The molecule has 86 valence electrons. The summed E-state index contributed by atoms with van der Waals surface area (Å²) in [4.78, 5) is 16.0. The van der Waals surface area contributed by atoms with Crippen molar-refractivity contribution in [1.29, 1.82) is 0 Å². The Balaban J connectivity index is 1.95. The van der Waals surface area contributed by atoms with Gasteiger partial charge in [0, 0.05) is 17.8 Å². The lowest BCUT2D eigenvalue weighted by Crippen LogP contribution is -2.25. The average Bonchev–Trinajstić information content (AvgIpc) is 2.96. The maximum atomic E-state index is 11.8. The van der Waals surface area contributed by atoms with Crippen LogP contribution in [0.2, 0.25) is 0 Å². The van der Waals surface area contributed by atoms with E-state index < -0.39 is 5.60 Å². The standard InChI is InChI=1S/C13H17NO2/c1-13(2,3)16-12(15)10-8-9(10)11-6-4-5-7-14-11/h4-7,9-10H,8H2,1-3H3. The number of hydrogen-bond donors (Lipinski definition) is 0. The predicted molar refractivity (Wildman–Crippen MR) is 60.9 cm³/mol. The molecule has 1 aromatic heterocycles. The van der Waals surface area contributed by atoms with Gasteiger partial charge in [0.2, 0.25) is 0 Å². The normalized spacial score (nSPS) is 23.9. The second-order valence-corrected chi connectivity index (χ2v) is 5.24. The van der Waals surface area contributed by atoms with E-state index in [9.17, 15) is 4.79 Å². The molecule has 1 heterocycles. The lowest BCUT2D eigenvalue weighted by molar-refractivity contribution is -0.156. The Hall–Kier alpha value is -1.38. The van der Waals surface area contributed by atoms with Gasteiger partial charge in [-0.25, -0.2) is 0 Å². The zero-order valence-corrected chi connectivity index (χ0v) is 9.93. The second kappa shape index (κ2) is 3.89. The van der Waals surface area contributed by atoms with Gasteiger partial charge in [0.15, 0.2) is 0 Å². The van der Waals surface area contributed by atoms with Crippen molar-refractivity contribution < 1.29 is 9.53 Å². The molecule has 0 saturated heterocycles. The molecule has 0 radical (unpaired) electrons. The summed E-state index contributed by atoms with van der Waals surface area (Å²) in [5.74, 6) is 0.174. The number of carbonyl (C=O) groups is 1. The van der Waals surface area contributed by atoms with Crippen LogP contribution in [0.25, 0.3) is 0 Å². The fourth-order valence-electron chi connectivity index (χ4n) is 1.76. The van der Waals surface area contributed by atoms with Gasteiger partial charge in [-0.2, -0.15) is 0 Å². The summed E-state index contributed by atoms with van der Waals surface area (Å²) >= 11 is 0. The summed E-state index contributed by atoms with van der Waals surface area (Å²) < 4.78 is 5.35. The minimum Gasteiger partial charge on any atom is -0.460 e. The first-order valence-electron chi connectivity index (χ1n) is 5.61. The smallest absolute Gasteiger partial charge is 0.310 e. The summed E-state index contributed by atoms with van der Waals surface area (Å²) in [6.07, 6.45) is 2.63. The molecular weight excluding hydrogens is 202 g/mol. The van der Waals surface area contributed by atoms with Gasteiger partial charge in [-0.3, -0.25) is 9.78 Å². The highest BCUT2D eigenvalue weighted by molar-refractivity contribution is 5.77. The Morgan fingerprint density at radius 3 is 2.75 bits per heavy atom. The highest BCUT2D eigenvalue weighted by Gasteiger charge is 2.46. The summed E-state index contributed by atoms with van der Waals surface area (Å²) in [6.45, 7) is 5.68. The van der Waals surface area contributed by atoms with E-state index in [1.807, 2.05) is 39.0 Å². The second-order valence-electron chi connectivity index (χ2n) is 5.24. The Kier molecular flexibility index (Phi) is 2.70. The monoisotopic (exact) mass is 219 g/mol. The number of carbonyl (C=O) groups excluding carboxylic acids is 1. The van der Waals surface area contributed by atoms with E-state index in [2.05, 4.69) is 4.98 Å². The molecule has 0 amide bonds. The number of aromatic nitrogens is 1. The summed E-state index contributed by atoms with van der Waals surface area (Å²) in [7, 11) is 0. The molecule has 1 saturated carbocycles. The van der Waals surface area contributed by atoms with Gasteiger partial charge in [-0.1, -0.05) is 6.07 Å². The van der Waals surface area contributed by atoms with Crippen molar-refractivity contribution in [1.82, 2.24) is 4.98 Å². The molecule has 3 heteroatoms. The third kappa shape index (κ3) is 2.60. The predicted octanol–water partition coefficient (Wildman–Crippen LogP) is 2.53. The third-order valence-corrected chi connectivity index (χ3v) is 2.57. The number of hydrogen-bond acceptors (Lipinski definition) is 3. The van der Waals surface area contributed by atoms with E-state index in [-0.39, 0.29) is 17.8 Å². The SMILES string of the molecule is CC(C)(C)OC(=O)C1CC1c1ccccn1. The molecule has 0 aromatic carbocycles. The molecule has 3 nitrogen and oxygen atoms in total. The zero-order valence-electron chi connectivity index (χ0n) is 9.93. The van der Waals surface area contributed by atoms with Crippen LogP contribution >= 0.6 is 0 Å². The van der Waals surface area contributed by atoms with Gasteiger partial charge in [-0.15, -0.1) is 0 Å². The lowest BCUT2D eigenvalue weighted by Gasteiger charge is -2.19. The van der Waals surface area contributed by atoms with Crippen molar-refractivity contribution in [3.05, 3.63) is 30.1 Å². The largest absolute Gasteiger partial charge is 0.460 e. The van der Waals surface area contributed by atoms with Gasteiger partial charge in [0.05, 0.1) is 5.92 Å². The van der Waals surface area contributed by atoms with E-state index in [1.54, 1.807) is 6.20 Å². The van der Waals surface area contributed by atoms with Crippen LogP contribution in [0, 0.1) is 5.92 Å². The van der Waals surface area contributed by atoms with Crippen LogP contribution in [-0.4, -0.2) is 16.6 Å². The number of rotatable bonds is 2. The summed E-state index contributed by atoms with van der Waals surface area (Å²) in [5.41, 5.74) is 0.604. The van der Waals surface area contributed by atoms with Crippen molar-refractivity contribution in [2.75, 3.05) is 0 Å². The molecule has 1 aromatic rings. The van der Waals surface area contributed by atoms with Crippen LogP contribution < -0.4 is 0 Å². The lowest BCUT2D eigenvalue weighted by atomic mass is 10.2. The van der Waals surface area contributed by atoms with Crippen molar-refractivity contribution in [3.63, 3.8) is 0 Å². The molecular formula is C13H17NO2. The Morgan fingerprint density at radius 2 is 2.19 bits per heavy atom. The van der Waals surface area contributed by atoms with Crippen LogP contribution in [-0.2, 0) is 9.53 Å². The van der Waals surface area contributed by atoms with Crippen LogP contribution in [0.3, 0.4) is 0 Å². The average molecular weight is 219 g/mol. The first-order valence-corrected chi connectivity index (χ1v) is 5.61. The van der Waals surface area contributed by atoms with Gasteiger partial charge >= 0.3 is 5.97 Å². The molecule has 0 aliphatic heterocycles. The molecule has 0 N–H and O–H groups in total. The van der Waals surface area contributed by atoms with Crippen LogP contribution in [0.15, 0.2) is 24.4 Å². The van der Waals surface area contributed by atoms with Gasteiger partial charge in [-0.05, 0) is 39.3 Å². The quantitative estimate of drug-likeness (QED) is 0.717. The van der Waals surface area contributed by atoms with E-state index in [1.165, 1.54) is 0 Å². The molecule has 1 aliphatic rings. The Bertz CT molecular complexity index is 381. The first kappa shape index (κ1) is 11.1. The van der Waals surface area contributed by atoms with Crippen molar-refractivity contribution in [2.24, 2.45) is 5.92 Å². The van der Waals surface area contributed by atoms with Crippen LogP contribution in [0.1, 0.15) is 38.8 Å². The van der Waals surface area contributed by atoms with Gasteiger partial charge in [0.25, 0.3) is 0 Å². The molecule has 2 unspecified atom stereocenters. The van der Waals surface area contributed by atoms with Gasteiger partial charge in [0.1, 0.15) is 5.60 Å². The molecule has 2 atom stereocenters. The molecule has 2 rings (SSSR count). The molecule has 16 heavy (non-hydrogen) atoms. The highest BCUT2D eigenvalue weighted by Crippen LogP contribution is 2.47. The topological polar surface area (TPSA) is 39.2 Å². The number of nitrogens with zero attached hydrogens (tertiary/aromatic N) is 1. The van der Waals surface area contributed by atoms with E-state index in [0.29, 0.717) is 0 Å². The highest BCUT2D eigenvalue weighted by atomic mass is 16.6. The van der Waals surface area contributed by atoms with Crippen LogP contribution in [0.4, 0.5) is 0 Å². The zero-order chi connectivity index (χ0) is 11.8. The Labute approximate surface area is 95.8 Å². The van der Waals surface area contributed by atoms with Crippen LogP contribution in [0.5, 0.6) is 0 Å².